The molecule has 2 atom stereocenters. The van der Waals surface area contributed by atoms with Crippen LogP contribution >= 0.6 is 0 Å². The molecule has 21 heavy (non-hydrogen) atoms. The minimum atomic E-state index is -0.186. The van der Waals surface area contributed by atoms with E-state index in [9.17, 15) is 4.79 Å². The fourth-order valence-corrected chi connectivity index (χ4v) is 2.39. The van der Waals surface area contributed by atoms with Crippen molar-refractivity contribution in [1.29, 1.82) is 0 Å². The van der Waals surface area contributed by atoms with Gasteiger partial charge >= 0.3 is 0 Å². The molecular formula is C17H21NO3. The van der Waals surface area contributed by atoms with Crippen LogP contribution in [0.1, 0.15) is 34.8 Å². The lowest BCUT2D eigenvalue weighted by molar-refractivity contribution is 0.0922. The lowest BCUT2D eigenvalue weighted by Crippen LogP contribution is -2.38. The number of hydrogen-bond donors (Lipinski definition) is 2. The Kier molecular flexibility index (Phi) is 5.38. The number of rotatable bonds is 3. The highest BCUT2D eigenvalue weighted by Gasteiger charge is 2.23. The van der Waals surface area contributed by atoms with Crippen LogP contribution in [0.2, 0.25) is 0 Å². The van der Waals surface area contributed by atoms with Crippen LogP contribution in [0.3, 0.4) is 0 Å². The summed E-state index contributed by atoms with van der Waals surface area (Å²) in [7, 11) is 0. The molecule has 2 unspecified atom stereocenters. The van der Waals surface area contributed by atoms with Crippen molar-refractivity contribution in [2.45, 2.75) is 26.3 Å². The SMILES string of the molecule is Cc1ccc(C(=O)NC(C)C2CCOC2)cc1C#CCO. The highest BCUT2D eigenvalue weighted by Crippen LogP contribution is 2.17. The van der Waals surface area contributed by atoms with Crippen LogP contribution < -0.4 is 5.32 Å². The summed E-state index contributed by atoms with van der Waals surface area (Å²) in [6, 6.07) is 5.53. The lowest BCUT2D eigenvalue weighted by atomic mass is 9.99. The van der Waals surface area contributed by atoms with Crippen molar-refractivity contribution in [2.75, 3.05) is 19.8 Å². The van der Waals surface area contributed by atoms with Gasteiger partial charge in [0.1, 0.15) is 6.61 Å². The summed E-state index contributed by atoms with van der Waals surface area (Å²) in [5.74, 6) is 5.77. The second-order valence-electron chi connectivity index (χ2n) is 5.38. The number of carbonyl (C=O) groups is 1. The van der Waals surface area contributed by atoms with E-state index in [1.54, 1.807) is 12.1 Å². The number of ether oxygens (including phenoxy) is 1. The van der Waals surface area contributed by atoms with Crippen LogP contribution in [-0.2, 0) is 4.74 Å². The average Bonchev–Trinajstić information content (AvgIpc) is 3.00. The molecule has 1 fully saturated rings. The summed E-state index contributed by atoms with van der Waals surface area (Å²) in [4.78, 5) is 12.3. The van der Waals surface area contributed by atoms with Crippen molar-refractivity contribution >= 4 is 5.91 Å². The maximum atomic E-state index is 12.3. The smallest absolute Gasteiger partial charge is 0.251 e. The fraction of sp³-hybridized carbons (Fsp3) is 0.471. The highest BCUT2D eigenvalue weighted by atomic mass is 16.5. The molecule has 0 saturated carbocycles. The Labute approximate surface area is 125 Å². The van der Waals surface area contributed by atoms with E-state index in [1.807, 2.05) is 19.9 Å². The Morgan fingerprint density at radius 2 is 2.38 bits per heavy atom. The summed E-state index contributed by atoms with van der Waals surface area (Å²) < 4.78 is 5.35. The van der Waals surface area contributed by atoms with Gasteiger partial charge in [0.15, 0.2) is 0 Å². The first-order valence-electron chi connectivity index (χ1n) is 7.21. The number of amides is 1. The van der Waals surface area contributed by atoms with Crippen LogP contribution in [-0.4, -0.2) is 36.9 Å². The van der Waals surface area contributed by atoms with Crippen LogP contribution in [0.25, 0.3) is 0 Å². The molecule has 4 heteroatoms. The molecule has 2 rings (SSSR count). The molecule has 112 valence electrons. The number of aliphatic hydroxyl groups excluding tert-OH is 1. The van der Waals surface area contributed by atoms with E-state index in [1.165, 1.54) is 0 Å². The van der Waals surface area contributed by atoms with Crippen molar-refractivity contribution in [1.82, 2.24) is 5.32 Å². The van der Waals surface area contributed by atoms with Crippen molar-refractivity contribution < 1.29 is 14.6 Å². The van der Waals surface area contributed by atoms with Crippen LogP contribution in [0.15, 0.2) is 18.2 Å². The summed E-state index contributed by atoms with van der Waals surface area (Å²) in [6.45, 7) is 5.24. The normalized spacial score (nSPS) is 18.7. The van der Waals surface area contributed by atoms with Crippen molar-refractivity contribution in [2.24, 2.45) is 5.92 Å². The molecule has 0 aliphatic carbocycles. The van der Waals surface area contributed by atoms with Gasteiger partial charge < -0.3 is 15.2 Å². The molecular weight excluding hydrogens is 266 g/mol. The molecule has 1 amide bonds. The number of benzene rings is 1. The third-order valence-corrected chi connectivity index (χ3v) is 3.83. The zero-order valence-electron chi connectivity index (χ0n) is 12.5. The van der Waals surface area contributed by atoms with E-state index < -0.39 is 0 Å². The summed E-state index contributed by atoms with van der Waals surface area (Å²) in [5, 5.41) is 11.8. The monoisotopic (exact) mass is 287 g/mol. The standard InChI is InChI=1S/C17H21NO3/c1-12-5-6-15(10-14(12)4-3-8-19)17(20)18-13(2)16-7-9-21-11-16/h5-6,10,13,16,19H,7-9,11H2,1-2H3,(H,18,20). The van der Waals surface area contributed by atoms with E-state index in [-0.39, 0.29) is 18.6 Å². The predicted octanol–water partition coefficient (Wildman–Crippen LogP) is 1.49. The van der Waals surface area contributed by atoms with Crippen LogP contribution in [0.5, 0.6) is 0 Å². The molecule has 1 aromatic rings. The Morgan fingerprint density at radius 1 is 1.57 bits per heavy atom. The molecule has 1 aliphatic rings. The van der Waals surface area contributed by atoms with Gasteiger partial charge in [0.05, 0.1) is 6.61 Å². The molecule has 4 nitrogen and oxygen atoms in total. The van der Waals surface area contributed by atoms with Gasteiger partial charge in [-0.3, -0.25) is 4.79 Å². The second kappa shape index (κ2) is 7.26. The lowest BCUT2D eigenvalue weighted by Gasteiger charge is -2.19. The minimum Gasteiger partial charge on any atom is -0.384 e. The van der Waals surface area contributed by atoms with Gasteiger partial charge in [-0.25, -0.2) is 0 Å². The average molecular weight is 287 g/mol. The molecule has 1 saturated heterocycles. The van der Waals surface area contributed by atoms with Gasteiger partial charge in [0.2, 0.25) is 0 Å². The quantitative estimate of drug-likeness (QED) is 0.828. The number of nitrogens with one attached hydrogen (secondary N) is 1. The number of aryl methyl sites for hydroxylation is 1. The van der Waals surface area contributed by atoms with Gasteiger partial charge in [0.25, 0.3) is 5.91 Å². The number of hydrogen-bond acceptors (Lipinski definition) is 3. The first-order valence-corrected chi connectivity index (χ1v) is 7.21. The molecule has 1 heterocycles. The Morgan fingerprint density at radius 3 is 3.05 bits per heavy atom. The first kappa shape index (κ1) is 15.6. The molecule has 1 aromatic carbocycles. The Bertz CT molecular complexity index is 565. The van der Waals surface area contributed by atoms with E-state index in [2.05, 4.69) is 17.2 Å². The Balaban J connectivity index is 2.08. The zero-order valence-corrected chi connectivity index (χ0v) is 12.5. The molecule has 1 aliphatic heterocycles. The van der Waals surface area contributed by atoms with E-state index in [0.29, 0.717) is 18.1 Å². The van der Waals surface area contributed by atoms with Gasteiger partial charge in [-0.15, -0.1) is 0 Å². The molecule has 2 N–H and O–H groups in total. The maximum Gasteiger partial charge on any atom is 0.251 e. The number of aliphatic hydroxyl groups is 1. The van der Waals surface area contributed by atoms with Gasteiger partial charge in [0, 0.05) is 29.7 Å². The summed E-state index contributed by atoms with van der Waals surface area (Å²) >= 11 is 0. The summed E-state index contributed by atoms with van der Waals surface area (Å²) in [5.41, 5.74) is 2.35. The van der Waals surface area contributed by atoms with Crippen molar-refractivity contribution in [3.05, 3.63) is 34.9 Å². The fourth-order valence-electron chi connectivity index (χ4n) is 2.39. The number of carbonyl (C=O) groups excluding carboxylic acids is 1. The topological polar surface area (TPSA) is 58.6 Å². The largest absolute Gasteiger partial charge is 0.384 e. The highest BCUT2D eigenvalue weighted by molar-refractivity contribution is 5.94. The van der Waals surface area contributed by atoms with Crippen molar-refractivity contribution in [3.63, 3.8) is 0 Å². The Hall–Kier alpha value is -1.83. The van der Waals surface area contributed by atoms with E-state index in [4.69, 9.17) is 9.84 Å². The molecule has 0 spiro atoms. The summed E-state index contributed by atoms with van der Waals surface area (Å²) in [6.07, 6.45) is 0.989. The van der Waals surface area contributed by atoms with E-state index >= 15 is 0 Å². The second-order valence-corrected chi connectivity index (χ2v) is 5.38. The molecule has 0 aromatic heterocycles. The third-order valence-electron chi connectivity index (χ3n) is 3.83. The van der Waals surface area contributed by atoms with Gasteiger partial charge in [-0.1, -0.05) is 17.9 Å². The van der Waals surface area contributed by atoms with Crippen LogP contribution in [0.4, 0.5) is 0 Å². The van der Waals surface area contributed by atoms with E-state index in [0.717, 1.165) is 24.2 Å². The minimum absolute atomic E-state index is 0.0910. The van der Waals surface area contributed by atoms with Crippen molar-refractivity contribution in [3.8, 4) is 11.8 Å². The predicted molar refractivity (Wildman–Crippen MR) is 81.0 cm³/mol. The molecule has 0 radical (unpaired) electrons. The van der Waals surface area contributed by atoms with Gasteiger partial charge in [-0.2, -0.15) is 0 Å². The molecule has 0 bridgehead atoms. The first-order chi connectivity index (χ1) is 10.1. The van der Waals surface area contributed by atoms with Crippen LogP contribution in [0, 0.1) is 24.7 Å². The third kappa shape index (κ3) is 4.07. The zero-order chi connectivity index (χ0) is 15.2. The van der Waals surface area contributed by atoms with Gasteiger partial charge in [-0.05, 0) is 38.0 Å². The maximum absolute atomic E-state index is 12.3.